The van der Waals surface area contributed by atoms with Crippen LogP contribution >= 0.6 is 0 Å². The molecule has 2 aromatic heterocycles. The van der Waals surface area contributed by atoms with Gasteiger partial charge in [0.15, 0.2) is 5.76 Å². The van der Waals surface area contributed by atoms with E-state index < -0.39 is 0 Å². The van der Waals surface area contributed by atoms with E-state index in [1.165, 1.54) is 11.8 Å². The Hall–Kier alpha value is -3.71. The van der Waals surface area contributed by atoms with E-state index in [0.29, 0.717) is 11.7 Å². The molecule has 7 nitrogen and oxygen atoms in total. The van der Waals surface area contributed by atoms with Crippen LogP contribution in [-0.4, -0.2) is 44.7 Å². The molecular formula is C25H25N5O2. The number of carbonyl (C=O) groups excluding carboxylic acids is 1. The molecule has 0 aliphatic carbocycles. The zero-order valence-electron chi connectivity index (χ0n) is 17.7. The zero-order chi connectivity index (χ0) is 21.8. The van der Waals surface area contributed by atoms with Gasteiger partial charge in [-0.05, 0) is 42.7 Å². The minimum absolute atomic E-state index is 0.00578. The number of carbonyl (C=O) groups is 1. The Kier molecular flexibility index (Phi) is 5.81. The van der Waals surface area contributed by atoms with Gasteiger partial charge in [-0.3, -0.25) is 14.6 Å². The van der Waals surface area contributed by atoms with Crippen LogP contribution in [0.5, 0.6) is 0 Å². The van der Waals surface area contributed by atoms with E-state index in [1.54, 1.807) is 28.0 Å². The number of piperidine rings is 1. The average molecular weight is 428 g/mol. The Labute approximate surface area is 186 Å². The number of aromatic nitrogens is 3. The maximum absolute atomic E-state index is 13.4. The number of amides is 1. The van der Waals surface area contributed by atoms with Gasteiger partial charge in [-0.15, -0.1) is 5.10 Å². The Bertz CT molecular complexity index is 1130. The van der Waals surface area contributed by atoms with Crippen molar-refractivity contribution in [1.82, 2.24) is 19.7 Å². The lowest BCUT2D eigenvalue weighted by molar-refractivity contribution is 0.0929. The van der Waals surface area contributed by atoms with Crippen molar-refractivity contribution in [2.45, 2.75) is 25.4 Å². The minimum atomic E-state index is -0.206. The number of para-hydroxylation sites is 1. The summed E-state index contributed by atoms with van der Waals surface area (Å²) in [4.78, 5) is 22.0. The van der Waals surface area contributed by atoms with Gasteiger partial charge in [-0.2, -0.15) is 4.98 Å². The highest BCUT2D eigenvalue weighted by Gasteiger charge is 2.33. The van der Waals surface area contributed by atoms with Crippen LogP contribution in [0.3, 0.4) is 0 Å². The highest BCUT2D eigenvalue weighted by Crippen LogP contribution is 2.25. The van der Waals surface area contributed by atoms with Gasteiger partial charge in [0.1, 0.15) is 6.33 Å². The predicted octanol–water partition coefficient (Wildman–Crippen LogP) is 4.17. The Morgan fingerprint density at radius 1 is 0.969 bits per heavy atom. The first-order valence-electron chi connectivity index (χ1n) is 10.9. The molecule has 0 bridgehead atoms. The van der Waals surface area contributed by atoms with Gasteiger partial charge < -0.3 is 4.42 Å². The highest BCUT2D eigenvalue weighted by atomic mass is 16.3. The molecule has 4 aromatic rings. The van der Waals surface area contributed by atoms with Gasteiger partial charge >= 0.3 is 0 Å². The lowest BCUT2D eigenvalue weighted by atomic mass is 10.0. The highest BCUT2D eigenvalue weighted by molar-refractivity contribution is 6.03. The monoisotopic (exact) mass is 427 g/mol. The molecule has 0 N–H and O–H groups in total. The summed E-state index contributed by atoms with van der Waals surface area (Å²) in [6.45, 7) is 2.72. The Morgan fingerprint density at radius 2 is 1.69 bits per heavy atom. The molecule has 162 valence electrons. The maximum atomic E-state index is 13.4. The van der Waals surface area contributed by atoms with Crippen molar-refractivity contribution in [2.24, 2.45) is 0 Å². The molecule has 1 saturated heterocycles. The maximum Gasteiger partial charge on any atom is 0.296 e. The molecule has 0 atom stereocenters. The van der Waals surface area contributed by atoms with Crippen LogP contribution in [0.1, 0.15) is 29.0 Å². The third-order valence-corrected chi connectivity index (χ3v) is 5.84. The number of nitrogens with zero attached hydrogens (tertiary/aromatic N) is 5. The molecule has 0 radical (unpaired) electrons. The van der Waals surface area contributed by atoms with Crippen molar-refractivity contribution >= 4 is 11.9 Å². The minimum Gasteiger partial charge on any atom is -0.459 e. The molecule has 0 unspecified atom stereocenters. The van der Waals surface area contributed by atoms with Gasteiger partial charge in [0.2, 0.25) is 0 Å². The van der Waals surface area contributed by atoms with Crippen molar-refractivity contribution in [3.05, 3.63) is 96.7 Å². The number of hydrogen-bond donors (Lipinski definition) is 0. The molecule has 7 heteroatoms. The number of rotatable bonds is 6. The van der Waals surface area contributed by atoms with Crippen molar-refractivity contribution in [3.8, 4) is 5.69 Å². The molecular weight excluding hydrogens is 402 g/mol. The summed E-state index contributed by atoms with van der Waals surface area (Å²) < 4.78 is 7.11. The van der Waals surface area contributed by atoms with Gasteiger partial charge in [0, 0.05) is 25.7 Å². The predicted molar refractivity (Wildman–Crippen MR) is 122 cm³/mol. The number of benzene rings is 2. The summed E-state index contributed by atoms with van der Waals surface area (Å²) in [6, 6.07) is 23.7. The van der Waals surface area contributed by atoms with E-state index in [1.807, 2.05) is 36.4 Å². The summed E-state index contributed by atoms with van der Waals surface area (Å²) in [7, 11) is 0. The summed E-state index contributed by atoms with van der Waals surface area (Å²) in [5.41, 5.74) is 2.20. The van der Waals surface area contributed by atoms with Crippen molar-refractivity contribution in [3.63, 3.8) is 0 Å². The molecule has 1 aliphatic heterocycles. The SMILES string of the molecule is O=C(c1ccco1)N(c1ncn(-c2ccccc2)n1)C1CCN(Cc2ccccc2)CC1. The normalized spacial score (nSPS) is 15.0. The molecule has 1 fully saturated rings. The van der Waals surface area contributed by atoms with E-state index >= 15 is 0 Å². The fourth-order valence-electron chi connectivity index (χ4n) is 4.19. The molecule has 32 heavy (non-hydrogen) atoms. The number of hydrogen-bond acceptors (Lipinski definition) is 5. The Balaban J connectivity index is 1.36. The number of anilines is 1. The zero-order valence-corrected chi connectivity index (χ0v) is 17.7. The lowest BCUT2D eigenvalue weighted by Crippen LogP contribution is -2.48. The van der Waals surface area contributed by atoms with Crippen molar-refractivity contribution < 1.29 is 9.21 Å². The summed E-state index contributed by atoms with van der Waals surface area (Å²) in [6.07, 6.45) is 4.86. The van der Waals surface area contributed by atoms with Crippen LogP contribution in [0.2, 0.25) is 0 Å². The van der Waals surface area contributed by atoms with E-state index in [2.05, 4.69) is 39.2 Å². The van der Waals surface area contributed by atoms with Crippen molar-refractivity contribution in [2.75, 3.05) is 18.0 Å². The quantitative estimate of drug-likeness (QED) is 0.462. The molecule has 0 saturated carbocycles. The average Bonchev–Trinajstić information content (AvgIpc) is 3.55. The van der Waals surface area contributed by atoms with Crippen molar-refractivity contribution in [1.29, 1.82) is 0 Å². The number of furan rings is 1. The molecule has 2 aromatic carbocycles. The van der Waals surface area contributed by atoms with E-state index in [9.17, 15) is 4.79 Å². The first kappa shape index (κ1) is 20.2. The lowest BCUT2D eigenvalue weighted by Gasteiger charge is -2.36. The van der Waals surface area contributed by atoms with Crippen LogP contribution in [0.25, 0.3) is 5.69 Å². The molecule has 1 aliphatic rings. The van der Waals surface area contributed by atoms with Gasteiger partial charge in [0.25, 0.3) is 11.9 Å². The largest absolute Gasteiger partial charge is 0.459 e. The Morgan fingerprint density at radius 3 is 2.38 bits per heavy atom. The van der Waals surface area contributed by atoms with Gasteiger partial charge in [0.05, 0.1) is 12.0 Å². The molecule has 3 heterocycles. The summed E-state index contributed by atoms with van der Waals surface area (Å²) in [5, 5.41) is 4.63. The van der Waals surface area contributed by atoms with Crippen LogP contribution in [0.15, 0.2) is 89.8 Å². The summed E-state index contributed by atoms with van der Waals surface area (Å²) >= 11 is 0. The molecule has 0 spiro atoms. The van der Waals surface area contributed by atoms with Gasteiger partial charge in [-0.1, -0.05) is 48.5 Å². The van der Waals surface area contributed by atoms with E-state index in [-0.39, 0.29) is 11.9 Å². The molecule has 5 rings (SSSR count). The van der Waals surface area contributed by atoms with Gasteiger partial charge in [-0.25, -0.2) is 4.68 Å². The van der Waals surface area contributed by atoms with E-state index in [4.69, 9.17) is 4.42 Å². The van der Waals surface area contributed by atoms with E-state index in [0.717, 1.165) is 38.2 Å². The smallest absolute Gasteiger partial charge is 0.296 e. The second-order valence-electron chi connectivity index (χ2n) is 7.97. The number of likely N-dealkylation sites (tertiary alicyclic amines) is 1. The third-order valence-electron chi connectivity index (χ3n) is 5.84. The van der Waals surface area contributed by atoms with Crippen LogP contribution in [0, 0.1) is 0 Å². The fraction of sp³-hybridized carbons (Fsp3) is 0.240. The summed E-state index contributed by atoms with van der Waals surface area (Å²) in [5.74, 6) is 0.492. The van der Waals surface area contributed by atoms with Crippen LogP contribution in [-0.2, 0) is 6.54 Å². The fourth-order valence-corrected chi connectivity index (χ4v) is 4.19. The van der Waals surface area contributed by atoms with Crippen LogP contribution in [0.4, 0.5) is 5.95 Å². The third kappa shape index (κ3) is 4.33. The standard InChI is InChI=1S/C25H25N5O2/c31-24(23-12-7-17-32-23)30(25-26-19-29(27-25)21-10-5-2-6-11-21)22-13-15-28(16-14-22)18-20-8-3-1-4-9-20/h1-12,17,19,22H,13-16,18H2. The second-order valence-corrected chi connectivity index (χ2v) is 7.97. The first-order chi connectivity index (χ1) is 15.8. The first-order valence-corrected chi connectivity index (χ1v) is 10.9. The second kappa shape index (κ2) is 9.20. The van der Waals surface area contributed by atoms with Crippen LogP contribution < -0.4 is 4.90 Å². The topological polar surface area (TPSA) is 67.4 Å². The molecule has 1 amide bonds.